The number of aryl methyl sites for hydroxylation is 1. The number of hydrogen-bond acceptors (Lipinski definition) is 4. The standard InChI is InChI=1S/C25H27N3O4S/c1-17(2)16-26-25(30)22-9-4-5-10-23(22)27-24(29)19-7-6-8-21(15-19)33(31,32)28-20-13-11-18(3)12-14-20/h4-15,17,28H,16H2,1-3H3,(H,26,30)(H,27,29). The summed E-state index contributed by atoms with van der Waals surface area (Å²) in [4.78, 5) is 25.3. The van der Waals surface area contributed by atoms with E-state index in [2.05, 4.69) is 15.4 Å². The smallest absolute Gasteiger partial charge is 0.261 e. The van der Waals surface area contributed by atoms with Gasteiger partial charge in [0.05, 0.1) is 16.1 Å². The van der Waals surface area contributed by atoms with Crippen molar-refractivity contribution in [3.8, 4) is 0 Å². The van der Waals surface area contributed by atoms with E-state index in [1.807, 2.05) is 20.8 Å². The van der Waals surface area contributed by atoms with Crippen LogP contribution in [0.2, 0.25) is 0 Å². The molecule has 3 rings (SSSR count). The Morgan fingerprint density at radius 2 is 1.58 bits per heavy atom. The maximum absolute atomic E-state index is 12.9. The zero-order valence-corrected chi connectivity index (χ0v) is 19.6. The molecule has 7 nitrogen and oxygen atoms in total. The Morgan fingerprint density at radius 1 is 0.879 bits per heavy atom. The normalized spacial score (nSPS) is 11.2. The number of anilines is 2. The van der Waals surface area contributed by atoms with Crippen molar-refractivity contribution in [2.75, 3.05) is 16.6 Å². The van der Waals surface area contributed by atoms with Gasteiger partial charge in [0.15, 0.2) is 0 Å². The monoisotopic (exact) mass is 465 g/mol. The van der Waals surface area contributed by atoms with Gasteiger partial charge in [0.1, 0.15) is 0 Å². The van der Waals surface area contributed by atoms with Gasteiger partial charge in [-0.2, -0.15) is 0 Å². The van der Waals surface area contributed by atoms with Gasteiger partial charge in [-0.25, -0.2) is 8.42 Å². The molecule has 0 bridgehead atoms. The Balaban J connectivity index is 1.79. The molecular weight excluding hydrogens is 438 g/mol. The number of carbonyl (C=O) groups is 2. The molecule has 0 heterocycles. The highest BCUT2D eigenvalue weighted by Gasteiger charge is 2.18. The predicted molar refractivity (Wildman–Crippen MR) is 130 cm³/mol. The SMILES string of the molecule is Cc1ccc(NS(=O)(=O)c2cccc(C(=O)Nc3ccccc3C(=O)NCC(C)C)c2)cc1. The molecule has 8 heteroatoms. The summed E-state index contributed by atoms with van der Waals surface area (Å²) in [5.41, 5.74) is 2.26. The molecule has 0 aliphatic heterocycles. The van der Waals surface area contributed by atoms with Gasteiger partial charge in [0.2, 0.25) is 0 Å². The van der Waals surface area contributed by atoms with Crippen molar-refractivity contribution in [3.05, 3.63) is 89.5 Å². The van der Waals surface area contributed by atoms with E-state index in [1.54, 1.807) is 48.5 Å². The van der Waals surface area contributed by atoms with Gasteiger partial charge in [-0.1, -0.05) is 49.7 Å². The van der Waals surface area contributed by atoms with Gasteiger partial charge < -0.3 is 10.6 Å². The van der Waals surface area contributed by atoms with E-state index in [0.29, 0.717) is 23.5 Å². The van der Waals surface area contributed by atoms with Crippen LogP contribution >= 0.6 is 0 Å². The first kappa shape index (κ1) is 24.0. The van der Waals surface area contributed by atoms with Crippen LogP contribution in [0.5, 0.6) is 0 Å². The maximum atomic E-state index is 12.9. The Kier molecular flexibility index (Phi) is 7.50. The van der Waals surface area contributed by atoms with Crippen LogP contribution in [0.4, 0.5) is 11.4 Å². The summed E-state index contributed by atoms with van der Waals surface area (Å²) < 4.78 is 28.1. The van der Waals surface area contributed by atoms with Crippen molar-refractivity contribution in [2.24, 2.45) is 5.92 Å². The van der Waals surface area contributed by atoms with Crippen molar-refractivity contribution >= 4 is 33.2 Å². The van der Waals surface area contributed by atoms with Gasteiger partial charge in [-0.3, -0.25) is 14.3 Å². The van der Waals surface area contributed by atoms with Gasteiger partial charge in [0.25, 0.3) is 21.8 Å². The van der Waals surface area contributed by atoms with Crippen molar-refractivity contribution < 1.29 is 18.0 Å². The molecule has 0 saturated carbocycles. The van der Waals surface area contributed by atoms with Crippen molar-refractivity contribution in [1.29, 1.82) is 0 Å². The number of amides is 2. The molecule has 0 aromatic heterocycles. The number of sulfonamides is 1. The van der Waals surface area contributed by atoms with Crippen LogP contribution in [0.1, 0.15) is 40.1 Å². The van der Waals surface area contributed by atoms with Crippen LogP contribution in [0.3, 0.4) is 0 Å². The lowest BCUT2D eigenvalue weighted by molar-refractivity contribution is 0.0950. The molecule has 3 N–H and O–H groups in total. The van der Waals surface area contributed by atoms with E-state index < -0.39 is 15.9 Å². The molecule has 0 radical (unpaired) electrons. The highest BCUT2D eigenvalue weighted by Crippen LogP contribution is 2.20. The number of carbonyl (C=O) groups excluding carboxylic acids is 2. The summed E-state index contributed by atoms with van der Waals surface area (Å²) >= 11 is 0. The van der Waals surface area contributed by atoms with Crippen molar-refractivity contribution in [2.45, 2.75) is 25.7 Å². The molecule has 0 aliphatic rings. The largest absolute Gasteiger partial charge is 0.352 e. The zero-order chi connectivity index (χ0) is 24.0. The number of hydrogen-bond donors (Lipinski definition) is 3. The molecule has 0 atom stereocenters. The first-order valence-corrected chi connectivity index (χ1v) is 12.0. The lowest BCUT2D eigenvalue weighted by Crippen LogP contribution is -2.28. The second-order valence-corrected chi connectivity index (χ2v) is 9.79. The summed E-state index contributed by atoms with van der Waals surface area (Å²) in [6.07, 6.45) is 0. The van der Waals surface area contributed by atoms with E-state index in [0.717, 1.165) is 5.56 Å². The highest BCUT2D eigenvalue weighted by atomic mass is 32.2. The Hall–Kier alpha value is -3.65. The minimum absolute atomic E-state index is 0.0429. The minimum Gasteiger partial charge on any atom is -0.352 e. The summed E-state index contributed by atoms with van der Waals surface area (Å²) in [5, 5.41) is 5.54. The summed E-state index contributed by atoms with van der Waals surface area (Å²) in [6.45, 7) is 6.40. The average Bonchev–Trinajstić information content (AvgIpc) is 2.79. The Labute approximate surface area is 194 Å². The van der Waals surface area contributed by atoms with Crippen LogP contribution in [-0.4, -0.2) is 26.8 Å². The highest BCUT2D eigenvalue weighted by molar-refractivity contribution is 7.92. The fraction of sp³-hybridized carbons (Fsp3) is 0.200. The van der Waals surface area contributed by atoms with Gasteiger partial charge in [0, 0.05) is 17.8 Å². The van der Waals surface area contributed by atoms with Crippen molar-refractivity contribution in [1.82, 2.24) is 5.32 Å². The Bertz CT molecular complexity index is 1250. The molecule has 0 unspecified atom stereocenters. The summed E-state index contributed by atoms with van der Waals surface area (Å²) in [6, 6.07) is 19.3. The first-order valence-electron chi connectivity index (χ1n) is 10.5. The molecular formula is C25H27N3O4S. The van der Waals surface area contributed by atoms with Crippen LogP contribution < -0.4 is 15.4 Å². The summed E-state index contributed by atoms with van der Waals surface area (Å²) in [7, 11) is -3.89. The second-order valence-electron chi connectivity index (χ2n) is 8.10. The van der Waals surface area contributed by atoms with E-state index >= 15 is 0 Å². The Morgan fingerprint density at radius 3 is 2.27 bits per heavy atom. The topological polar surface area (TPSA) is 104 Å². The van der Waals surface area contributed by atoms with E-state index in [4.69, 9.17) is 0 Å². The van der Waals surface area contributed by atoms with Gasteiger partial charge >= 0.3 is 0 Å². The van der Waals surface area contributed by atoms with Crippen molar-refractivity contribution in [3.63, 3.8) is 0 Å². The fourth-order valence-electron chi connectivity index (χ4n) is 3.02. The molecule has 2 amide bonds. The average molecular weight is 466 g/mol. The molecule has 0 saturated heterocycles. The van der Waals surface area contributed by atoms with Crippen LogP contribution in [0.25, 0.3) is 0 Å². The molecule has 0 aliphatic carbocycles. The summed E-state index contributed by atoms with van der Waals surface area (Å²) in [5.74, 6) is -0.529. The predicted octanol–water partition coefficient (Wildman–Crippen LogP) is 4.43. The van der Waals surface area contributed by atoms with Crippen LogP contribution in [0, 0.1) is 12.8 Å². The van der Waals surface area contributed by atoms with Gasteiger partial charge in [-0.15, -0.1) is 0 Å². The molecule has 172 valence electrons. The van der Waals surface area contributed by atoms with E-state index in [-0.39, 0.29) is 22.3 Å². The zero-order valence-electron chi connectivity index (χ0n) is 18.8. The van der Waals surface area contributed by atoms with Crippen LogP contribution in [-0.2, 0) is 10.0 Å². The van der Waals surface area contributed by atoms with E-state index in [1.165, 1.54) is 24.3 Å². The number of nitrogens with one attached hydrogen (secondary N) is 3. The quantitative estimate of drug-likeness (QED) is 0.458. The second kappa shape index (κ2) is 10.3. The molecule has 3 aromatic rings. The van der Waals surface area contributed by atoms with E-state index in [9.17, 15) is 18.0 Å². The third-order valence-electron chi connectivity index (χ3n) is 4.80. The molecule has 33 heavy (non-hydrogen) atoms. The lowest BCUT2D eigenvalue weighted by Gasteiger charge is -2.13. The molecule has 3 aromatic carbocycles. The fourth-order valence-corrected chi connectivity index (χ4v) is 4.12. The number of benzene rings is 3. The molecule has 0 spiro atoms. The number of rotatable bonds is 8. The van der Waals surface area contributed by atoms with Gasteiger partial charge in [-0.05, 0) is 55.3 Å². The van der Waals surface area contributed by atoms with Crippen LogP contribution in [0.15, 0.2) is 77.7 Å². The lowest BCUT2D eigenvalue weighted by atomic mass is 10.1. The first-order chi connectivity index (χ1) is 15.7. The maximum Gasteiger partial charge on any atom is 0.261 e. The third kappa shape index (κ3) is 6.43. The minimum atomic E-state index is -3.89. The number of para-hydroxylation sites is 1. The molecule has 0 fully saturated rings. The third-order valence-corrected chi connectivity index (χ3v) is 6.18.